The number of hydrogen-bond acceptors (Lipinski definition) is 7. The fourth-order valence-corrected chi connectivity index (χ4v) is 2.94. The van der Waals surface area contributed by atoms with Gasteiger partial charge in [0.15, 0.2) is 5.82 Å². The lowest BCUT2D eigenvalue weighted by Gasteiger charge is -2.29. The van der Waals surface area contributed by atoms with Gasteiger partial charge in [0, 0.05) is 39.6 Å². The summed E-state index contributed by atoms with van der Waals surface area (Å²) >= 11 is 0. The van der Waals surface area contributed by atoms with Crippen molar-refractivity contribution >= 4 is 11.8 Å². The Labute approximate surface area is 157 Å². The fraction of sp³-hybridized carbons (Fsp3) is 0.500. The Morgan fingerprint density at radius 3 is 2.85 bits per heavy atom. The van der Waals surface area contributed by atoms with Crippen molar-refractivity contribution in [2.75, 3.05) is 27.2 Å². The number of amides is 2. The first kappa shape index (κ1) is 19.0. The van der Waals surface area contributed by atoms with Crippen molar-refractivity contribution in [1.82, 2.24) is 24.9 Å². The molecule has 0 saturated carbocycles. The first-order chi connectivity index (χ1) is 12.9. The van der Waals surface area contributed by atoms with E-state index < -0.39 is 0 Å². The molecule has 9 heteroatoms. The van der Waals surface area contributed by atoms with Crippen molar-refractivity contribution in [2.24, 2.45) is 0 Å². The Hall–Kier alpha value is -2.81. The minimum Gasteiger partial charge on any atom is -0.367 e. The third-order valence-electron chi connectivity index (χ3n) is 4.44. The molecule has 1 aliphatic rings. The molecule has 9 nitrogen and oxygen atoms in total. The Morgan fingerprint density at radius 2 is 2.15 bits per heavy atom. The van der Waals surface area contributed by atoms with E-state index in [1.54, 1.807) is 38.3 Å². The third kappa shape index (κ3) is 4.68. The van der Waals surface area contributed by atoms with Crippen LogP contribution < -0.4 is 0 Å². The lowest BCUT2D eigenvalue weighted by atomic mass is 9.97. The molecule has 3 rings (SSSR count). The van der Waals surface area contributed by atoms with Gasteiger partial charge in [-0.3, -0.25) is 14.6 Å². The fourth-order valence-electron chi connectivity index (χ4n) is 2.94. The van der Waals surface area contributed by atoms with Gasteiger partial charge < -0.3 is 19.1 Å². The number of carbonyl (C=O) groups is 2. The highest BCUT2D eigenvalue weighted by Crippen LogP contribution is 2.22. The monoisotopic (exact) mass is 373 g/mol. The zero-order chi connectivity index (χ0) is 19.4. The van der Waals surface area contributed by atoms with Crippen LogP contribution in [0, 0.1) is 6.92 Å². The molecule has 0 aromatic carbocycles. The Kier molecular flexibility index (Phi) is 5.80. The molecule has 2 aromatic heterocycles. The molecule has 27 heavy (non-hydrogen) atoms. The van der Waals surface area contributed by atoms with Crippen LogP contribution in [0.4, 0.5) is 0 Å². The molecule has 0 bridgehead atoms. The number of carbonyl (C=O) groups excluding carboxylic acids is 2. The van der Waals surface area contributed by atoms with E-state index in [-0.39, 0.29) is 24.8 Å². The van der Waals surface area contributed by atoms with Crippen LogP contribution in [0.15, 0.2) is 16.9 Å². The van der Waals surface area contributed by atoms with Gasteiger partial charge in [0.1, 0.15) is 13.0 Å². The molecular weight excluding hydrogens is 350 g/mol. The van der Waals surface area contributed by atoms with E-state index in [0.29, 0.717) is 37.8 Å². The summed E-state index contributed by atoms with van der Waals surface area (Å²) in [5, 5.41) is 3.71. The van der Waals surface area contributed by atoms with Crippen molar-refractivity contribution in [3.8, 4) is 0 Å². The second kappa shape index (κ2) is 8.26. The van der Waals surface area contributed by atoms with Gasteiger partial charge >= 0.3 is 0 Å². The van der Waals surface area contributed by atoms with Crippen molar-refractivity contribution in [3.05, 3.63) is 40.8 Å². The SMILES string of the molecule is Cc1noc(CC(=O)N2CCc3c(COCC(=O)N(C)C)cncc3C2)n1. The van der Waals surface area contributed by atoms with E-state index >= 15 is 0 Å². The van der Waals surface area contributed by atoms with Gasteiger partial charge in [-0.15, -0.1) is 0 Å². The standard InChI is InChI=1S/C18H23N5O4/c1-12-20-16(27-21-12)6-17(24)23-5-4-15-13(9-23)7-19-8-14(15)10-26-11-18(25)22(2)3/h7-8H,4-6,9-11H2,1-3H3. The summed E-state index contributed by atoms with van der Waals surface area (Å²) in [5.41, 5.74) is 3.09. The van der Waals surface area contributed by atoms with E-state index in [1.165, 1.54) is 4.90 Å². The predicted octanol–water partition coefficient (Wildman–Crippen LogP) is 0.505. The van der Waals surface area contributed by atoms with E-state index in [1.807, 2.05) is 0 Å². The number of ether oxygens (including phenoxy) is 1. The molecule has 0 atom stereocenters. The highest BCUT2D eigenvalue weighted by atomic mass is 16.5. The minimum atomic E-state index is -0.0826. The average Bonchev–Trinajstić information content (AvgIpc) is 3.05. The molecule has 144 valence electrons. The second-order valence-corrected chi connectivity index (χ2v) is 6.69. The maximum Gasteiger partial charge on any atom is 0.248 e. The number of pyridine rings is 1. The van der Waals surface area contributed by atoms with E-state index in [9.17, 15) is 9.59 Å². The molecular formula is C18H23N5O4. The first-order valence-electron chi connectivity index (χ1n) is 8.73. The van der Waals surface area contributed by atoms with E-state index in [4.69, 9.17) is 9.26 Å². The molecule has 0 spiro atoms. The molecule has 3 heterocycles. The van der Waals surface area contributed by atoms with Crippen LogP contribution in [0.2, 0.25) is 0 Å². The Morgan fingerprint density at radius 1 is 1.33 bits per heavy atom. The minimum absolute atomic E-state index is 0.0326. The van der Waals surface area contributed by atoms with Crippen LogP contribution in [-0.2, 0) is 40.3 Å². The smallest absolute Gasteiger partial charge is 0.248 e. The number of likely N-dealkylation sites (N-methyl/N-ethyl adjacent to an activating group) is 1. The van der Waals surface area contributed by atoms with Crippen LogP contribution in [0.25, 0.3) is 0 Å². The summed E-state index contributed by atoms with van der Waals surface area (Å²) in [6.07, 6.45) is 4.35. The number of aromatic nitrogens is 3. The van der Waals surface area contributed by atoms with Crippen molar-refractivity contribution in [1.29, 1.82) is 0 Å². The number of hydrogen-bond donors (Lipinski definition) is 0. The normalized spacial score (nSPS) is 13.4. The second-order valence-electron chi connectivity index (χ2n) is 6.69. The molecule has 1 aliphatic heterocycles. The van der Waals surface area contributed by atoms with Gasteiger partial charge in [-0.1, -0.05) is 5.16 Å². The van der Waals surface area contributed by atoms with Crippen LogP contribution >= 0.6 is 0 Å². The van der Waals surface area contributed by atoms with E-state index in [2.05, 4.69) is 15.1 Å². The largest absolute Gasteiger partial charge is 0.367 e. The van der Waals surface area contributed by atoms with Crippen LogP contribution in [-0.4, -0.2) is 64.0 Å². The van der Waals surface area contributed by atoms with Crippen molar-refractivity contribution < 1.29 is 18.8 Å². The summed E-state index contributed by atoms with van der Waals surface area (Å²) in [5.74, 6) is 0.709. The number of rotatable bonds is 6. The van der Waals surface area contributed by atoms with Crippen LogP contribution in [0.3, 0.4) is 0 Å². The van der Waals surface area contributed by atoms with Crippen molar-refractivity contribution in [2.45, 2.75) is 32.9 Å². The van der Waals surface area contributed by atoms with Crippen LogP contribution in [0.1, 0.15) is 28.4 Å². The molecule has 0 radical (unpaired) electrons. The van der Waals surface area contributed by atoms with Crippen molar-refractivity contribution in [3.63, 3.8) is 0 Å². The quantitative estimate of drug-likeness (QED) is 0.727. The van der Waals surface area contributed by atoms with Crippen LogP contribution in [0.5, 0.6) is 0 Å². The van der Waals surface area contributed by atoms with Gasteiger partial charge in [-0.2, -0.15) is 4.98 Å². The molecule has 0 saturated heterocycles. The average molecular weight is 373 g/mol. The van der Waals surface area contributed by atoms with Gasteiger partial charge in [0.2, 0.25) is 17.7 Å². The molecule has 2 amide bonds. The lowest BCUT2D eigenvalue weighted by molar-refractivity contribution is -0.134. The summed E-state index contributed by atoms with van der Waals surface area (Å²) < 4.78 is 10.6. The number of fused-ring (bicyclic) bond motifs is 1. The summed E-state index contributed by atoms with van der Waals surface area (Å²) in [6.45, 7) is 3.16. The van der Waals surface area contributed by atoms with E-state index in [0.717, 1.165) is 16.7 Å². The number of aryl methyl sites for hydroxylation is 1. The maximum absolute atomic E-state index is 12.5. The lowest BCUT2D eigenvalue weighted by Crippen LogP contribution is -2.37. The molecule has 0 fully saturated rings. The molecule has 0 N–H and O–H groups in total. The van der Waals surface area contributed by atoms with Gasteiger partial charge in [-0.25, -0.2) is 0 Å². The summed E-state index contributed by atoms with van der Waals surface area (Å²) in [7, 11) is 3.39. The molecule has 2 aromatic rings. The Bertz CT molecular complexity index is 833. The maximum atomic E-state index is 12.5. The topological polar surface area (TPSA) is 102 Å². The number of nitrogens with zero attached hydrogens (tertiary/aromatic N) is 5. The van der Waals surface area contributed by atoms with Gasteiger partial charge in [0.25, 0.3) is 0 Å². The third-order valence-corrected chi connectivity index (χ3v) is 4.44. The first-order valence-corrected chi connectivity index (χ1v) is 8.73. The zero-order valence-corrected chi connectivity index (χ0v) is 15.8. The zero-order valence-electron chi connectivity index (χ0n) is 15.8. The highest BCUT2D eigenvalue weighted by molar-refractivity contribution is 5.78. The Balaban J connectivity index is 1.61. The van der Waals surface area contributed by atoms with Gasteiger partial charge in [0.05, 0.1) is 6.61 Å². The highest BCUT2D eigenvalue weighted by Gasteiger charge is 2.24. The molecule has 0 aliphatic carbocycles. The van der Waals surface area contributed by atoms with Gasteiger partial charge in [-0.05, 0) is 30.0 Å². The summed E-state index contributed by atoms with van der Waals surface area (Å²) in [6, 6.07) is 0. The summed E-state index contributed by atoms with van der Waals surface area (Å²) in [4.78, 5) is 35.7. The predicted molar refractivity (Wildman–Crippen MR) is 94.4 cm³/mol. The molecule has 0 unspecified atom stereocenters.